The highest BCUT2D eigenvalue weighted by Crippen LogP contribution is 2.44. The quantitative estimate of drug-likeness (QED) is 0.167. The van der Waals surface area contributed by atoms with Crippen LogP contribution in [0.4, 0.5) is 17.1 Å². The first-order valence-electron chi connectivity index (χ1n) is 17.3. The molecule has 9 aromatic carbocycles. The van der Waals surface area contributed by atoms with Crippen molar-refractivity contribution in [3.05, 3.63) is 176 Å². The molecular weight excluding hydrogens is 655 g/mol. The van der Waals surface area contributed by atoms with Crippen LogP contribution in [0.25, 0.3) is 83.8 Å². The highest BCUT2D eigenvalue weighted by Gasteiger charge is 2.18. The first-order chi connectivity index (χ1) is 25.3. The van der Waals surface area contributed by atoms with E-state index in [4.69, 9.17) is 0 Å². The number of fused-ring (bicyclic) bond motifs is 11. The minimum atomic E-state index is 1.13. The Morgan fingerprint density at radius 2 is 0.784 bits per heavy atom. The van der Waals surface area contributed by atoms with Crippen LogP contribution in [-0.2, 0) is 0 Å². The van der Waals surface area contributed by atoms with Gasteiger partial charge in [0.25, 0.3) is 0 Å². The predicted octanol–water partition coefficient (Wildman–Crippen LogP) is 15.0. The summed E-state index contributed by atoms with van der Waals surface area (Å²) in [6, 6.07) is 65.1. The Labute approximate surface area is 302 Å². The van der Waals surface area contributed by atoms with Gasteiger partial charge < -0.3 is 4.90 Å². The fourth-order valence-electron chi connectivity index (χ4n) is 8.04. The monoisotopic (exact) mass is 683 g/mol. The summed E-state index contributed by atoms with van der Waals surface area (Å²) in [5.74, 6) is 0. The van der Waals surface area contributed by atoms with Gasteiger partial charge in [-0.05, 0) is 110 Å². The van der Waals surface area contributed by atoms with Crippen molar-refractivity contribution in [1.82, 2.24) is 0 Å². The van der Waals surface area contributed by atoms with Gasteiger partial charge in [-0.3, -0.25) is 0 Å². The van der Waals surface area contributed by atoms with Gasteiger partial charge in [-0.25, -0.2) is 0 Å². The first kappa shape index (κ1) is 28.8. The highest BCUT2D eigenvalue weighted by molar-refractivity contribution is 7.26. The van der Waals surface area contributed by atoms with Gasteiger partial charge in [-0.2, -0.15) is 0 Å². The van der Waals surface area contributed by atoms with Crippen LogP contribution in [0.2, 0.25) is 0 Å². The van der Waals surface area contributed by atoms with E-state index in [1.165, 1.54) is 83.8 Å². The normalized spacial score (nSPS) is 11.9. The number of anilines is 3. The zero-order valence-corrected chi connectivity index (χ0v) is 29.1. The second-order valence-corrected chi connectivity index (χ2v) is 15.5. The molecule has 1 nitrogen and oxygen atoms in total. The minimum Gasteiger partial charge on any atom is -0.310 e. The molecule has 11 aromatic rings. The standard InChI is InChI=1S/C48H29NS2/c1-2-10-35-30(9-1)19-24-38-36-11-3-4-12-37(36)41(29-42(35)38)31-17-20-32(21-18-31)49(33-22-25-47-43(27-33)39-13-5-7-15-45(39)50-47)34-23-26-48-44(28-34)40-14-6-8-16-46(40)51-48/h1-29H. The predicted molar refractivity (Wildman–Crippen MR) is 225 cm³/mol. The Balaban J connectivity index is 1.11. The summed E-state index contributed by atoms with van der Waals surface area (Å²) in [6.45, 7) is 0. The summed E-state index contributed by atoms with van der Waals surface area (Å²) in [5.41, 5.74) is 5.90. The summed E-state index contributed by atoms with van der Waals surface area (Å²) in [7, 11) is 0. The van der Waals surface area contributed by atoms with Crippen molar-refractivity contribution in [3.63, 3.8) is 0 Å². The molecule has 0 bridgehead atoms. The summed E-state index contributed by atoms with van der Waals surface area (Å²) in [5, 5.41) is 12.9. The molecular formula is C48H29NS2. The third-order valence-corrected chi connectivity index (χ3v) is 12.7. The number of hydrogen-bond donors (Lipinski definition) is 0. The maximum atomic E-state index is 2.42. The fraction of sp³-hybridized carbons (Fsp3) is 0. The van der Waals surface area contributed by atoms with Gasteiger partial charge in [0.05, 0.1) is 0 Å². The van der Waals surface area contributed by atoms with E-state index in [0.717, 1.165) is 17.1 Å². The summed E-state index contributed by atoms with van der Waals surface area (Å²) in [4.78, 5) is 2.42. The summed E-state index contributed by atoms with van der Waals surface area (Å²) < 4.78 is 5.26. The number of benzene rings is 9. The average Bonchev–Trinajstić information content (AvgIpc) is 3.76. The van der Waals surface area contributed by atoms with Gasteiger partial charge in [-0.1, -0.05) is 109 Å². The first-order valence-corrected chi connectivity index (χ1v) is 19.0. The lowest BCUT2D eigenvalue weighted by Crippen LogP contribution is -2.09. The van der Waals surface area contributed by atoms with Crippen LogP contribution in [0.5, 0.6) is 0 Å². The van der Waals surface area contributed by atoms with Gasteiger partial charge in [0.1, 0.15) is 0 Å². The molecule has 3 heteroatoms. The van der Waals surface area contributed by atoms with Crippen molar-refractivity contribution in [1.29, 1.82) is 0 Å². The van der Waals surface area contributed by atoms with E-state index in [-0.39, 0.29) is 0 Å². The third kappa shape index (κ3) is 4.52. The van der Waals surface area contributed by atoms with Crippen molar-refractivity contribution in [3.8, 4) is 11.1 Å². The molecule has 2 aromatic heterocycles. The van der Waals surface area contributed by atoms with Crippen LogP contribution in [-0.4, -0.2) is 0 Å². The number of nitrogens with zero attached hydrogens (tertiary/aromatic N) is 1. The molecule has 0 aliphatic rings. The maximum absolute atomic E-state index is 2.42. The fourth-order valence-corrected chi connectivity index (χ4v) is 10.2. The van der Waals surface area contributed by atoms with E-state index in [9.17, 15) is 0 Å². The van der Waals surface area contributed by atoms with Gasteiger partial charge >= 0.3 is 0 Å². The summed E-state index contributed by atoms with van der Waals surface area (Å²) >= 11 is 3.73. The van der Waals surface area contributed by atoms with Crippen molar-refractivity contribution < 1.29 is 0 Å². The zero-order chi connectivity index (χ0) is 33.5. The molecule has 0 aliphatic carbocycles. The van der Waals surface area contributed by atoms with Crippen molar-refractivity contribution in [2.24, 2.45) is 0 Å². The van der Waals surface area contributed by atoms with Crippen LogP contribution in [0.1, 0.15) is 0 Å². The molecule has 0 spiro atoms. The van der Waals surface area contributed by atoms with Crippen molar-refractivity contribution in [2.45, 2.75) is 0 Å². The molecule has 0 fully saturated rings. The van der Waals surface area contributed by atoms with Gasteiger partial charge in [0, 0.05) is 57.4 Å². The number of hydrogen-bond acceptors (Lipinski definition) is 3. The van der Waals surface area contributed by atoms with Crippen molar-refractivity contribution >= 4 is 112 Å². The van der Waals surface area contributed by atoms with E-state index in [1.807, 2.05) is 22.7 Å². The largest absolute Gasteiger partial charge is 0.310 e. The second kappa shape index (κ2) is 11.3. The van der Waals surface area contributed by atoms with E-state index < -0.39 is 0 Å². The van der Waals surface area contributed by atoms with Gasteiger partial charge in [0.15, 0.2) is 0 Å². The Morgan fingerprint density at radius 3 is 1.43 bits per heavy atom. The molecule has 2 heterocycles. The zero-order valence-electron chi connectivity index (χ0n) is 27.5. The molecule has 0 saturated carbocycles. The van der Waals surface area contributed by atoms with Crippen LogP contribution < -0.4 is 4.90 Å². The molecule has 51 heavy (non-hydrogen) atoms. The molecule has 0 aliphatic heterocycles. The van der Waals surface area contributed by atoms with Crippen LogP contribution in [0, 0.1) is 0 Å². The Kier molecular flexibility index (Phi) is 6.36. The number of rotatable bonds is 4. The molecule has 0 radical (unpaired) electrons. The average molecular weight is 684 g/mol. The molecule has 0 unspecified atom stereocenters. The maximum Gasteiger partial charge on any atom is 0.0468 e. The minimum absolute atomic E-state index is 1.13. The second-order valence-electron chi connectivity index (χ2n) is 13.3. The van der Waals surface area contributed by atoms with E-state index in [2.05, 4.69) is 181 Å². The molecule has 0 N–H and O–H groups in total. The Morgan fingerprint density at radius 1 is 0.294 bits per heavy atom. The lowest BCUT2D eigenvalue weighted by atomic mass is 9.91. The molecule has 0 saturated heterocycles. The smallest absolute Gasteiger partial charge is 0.0468 e. The molecule has 0 atom stereocenters. The Bertz CT molecular complexity index is 3030. The molecule has 238 valence electrons. The number of thiophene rings is 2. The Hall–Kier alpha value is -6.00. The molecule has 0 amide bonds. The third-order valence-electron chi connectivity index (χ3n) is 10.4. The summed E-state index contributed by atoms with van der Waals surface area (Å²) in [6.07, 6.45) is 0. The lowest BCUT2D eigenvalue weighted by Gasteiger charge is -2.26. The van der Waals surface area contributed by atoms with Gasteiger partial charge in [0.2, 0.25) is 0 Å². The van der Waals surface area contributed by atoms with Crippen molar-refractivity contribution in [2.75, 3.05) is 4.90 Å². The molecule has 11 rings (SSSR count). The topological polar surface area (TPSA) is 3.24 Å². The van der Waals surface area contributed by atoms with E-state index >= 15 is 0 Å². The van der Waals surface area contributed by atoms with Crippen LogP contribution >= 0.6 is 22.7 Å². The lowest BCUT2D eigenvalue weighted by molar-refractivity contribution is 1.30. The van der Waals surface area contributed by atoms with E-state index in [0.29, 0.717) is 0 Å². The van der Waals surface area contributed by atoms with Crippen LogP contribution in [0.15, 0.2) is 176 Å². The highest BCUT2D eigenvalue weighted by atomic mass is 32.1. The SMILES string of the molecule is c1ccc2c(c1)ccc1c3ccccc3c(-c3ccc(N(c4ccc5sc6ccccc6c5c4)c4ccc5sc6ccccc6c5c4)cc3)cc21. The van der Waals surface area contributed by atoms with Gasteiger partial charge in [-0.15, -0.1) is 22.7 Å². The van der Waals surface area contributed by atoms with E-state index in [1.54, 1.807) is 0 Å². The van der Waals surface area contributed by atoms with Crippen LogP contribution in [0.3, 0.4) is 0 Å².